The number of nitrogens with one attached hydrogen (secondary N) is 1. The maximum absolute atomic E-state index is 13.3. The largest absolute Gasteiger partial charge is 0.340 e. The number of hydrogen-bond acceptors (Lipinski definition) is 2. The van der Waals surface area contributed by atoms with Gasteiger partial charge in [0, 0.05) is 28.7 Å². The number of hydrogen-bond donors (Lipinski definition) is 1. The van der Waals surface area contributed by atoms with Gasteiger partial charge in [-0.1, -0.05) is 60.2 Å². The first-order chi connectivity index (χ1) is 17.3. The molecule has 5 heteroatoms. The Morgan fingerprint density at radius 3 is 2.31 bits per heavy atom. The quantitative estimate of drug-likeness (QED) is 0.295. The van der Waals surface area contributed by atoms with Crippen molar-refractivity contribution in [2.75, 3.05) is 5.32 Å². The monoisotopic (exact) mass is 476 g/mol. The van der Waals surface area contributed by atoms with Crippen LogP contribution in [0.25, 0.3) is 10.9 Å². The molecule has 1 amide bonds. The lowest BCUT2D eigenvalue weighted by atomic mass is 10.1. The molecule has 182 valence electrons. The number of anilines is 1. The molecule has 5 rings (SSSR count). The molecule has 2 heterocycles. The average molecular weight is 477 g/mol. The summed E-state index contributed by atoms with van der Waals surface area (Å²) in [6, 6.07) is 24.9. The highest BCUT2D eigenvalue weighted by atomic mass is 16.1. The van der Waals surface area contributed by atoms with E-state index in [2.05, 4.69) is 85.3 Å². The molecular weight excluding hydrogens is 444 g/mol. The van der Waals surface area contributed by atoms with E-state index in [1.807, 2.05) is 36.7 Å². The second kappa shape index (κ2) is 9.50. The fourth-order valence-corrected chi connectivity index (χ4v) is 4.96. The summed E-state index contributed by atoms with van der Waals surface area (Å²) in [6.07, 6.45) is 0. The zero-order valence-electron chi connectivity index (χ0n) is 21.6. The molecule has 0 aliphatic heterocycles. The lowest BCUT2D eigenvalue weighted by molar-refractivity contribution is 0.102. The second-order valence-corrected chi connectivity index (χ2v) is 9.66. The van der Waals surface area contributed by atoms with Gasteiger partial charge < -0.3 is 9.88 Å². The van der Waals surface area contributed by atoms with E-state index in [1.165, 1.54) is 27.9 Å². The summed E-state index contributed by atoms with van der Waals surface area (Å²) < 4.78 is 4.28. The zero-order valence-corrected chi connectivity index (χ0v) is 21.6. The number of benzene rings is 3. The normalized spacial score (nSPS) is 11.2. The van der Waals surface area contributed by atoms with Crippen LogP contribution in [0.3, 0.4) is 0 Å². The molecule has 0 unspecified atom stereocenters. The fourth-order valence-electron chi connectivity index (χ4n) is 4.96. The predicted molar refractivity (Wildman–Crippen MR) is 147 cm³/mol. The lowest BCUT2D eigenvalue weighted by Gasteiger charge is -2.10. The Labute approximate surface area is 212 Å². The summed E-state index contributed by atoms with van der Waals surface area (Å²) in [5.74, 6) is -0.119. The summed E-state index contributed by atoms with van der Waals surface area (Å²) in [5, 5.41) is 8.94. The number of amides is 1. The smallest absolute Gasteiger partial charge is 0.255 e. The number of nitrogens with zero attached hydrogens (tertiary/aromatic N) is 3. The maximum Gasteiger partial charge on any atom is 0.255 e. The molecule has 0 fully saturated rings. The maximum atomic E-state index is 13.3. The molecule has 3 aromatic carbocycles. The molecule has 36 heavy (non-hydrogen) atoms. The van der Waals surface area contributed by atoms with Crippen LogP contribution in [0.5, 0.6) is 0 Å². The van der Waals surface area contributed by atoms with Gasteiger partial charge in [-0.15, -0.1) is 0 Å². The van der Waals surface area contributed by atoms with Crippen LogP contribution >= 0.6 is 0 Å². The molecule has 0 atom stereocenters. The van der Waals surface area contributed by atoms with Crippen LogP contribution in [-0.4, -0.2) is 20.3 Å². The van der Waals surface area contributed by atoms with E-state index in [0.717, 1.165) is 34.5 Å². The van der Waals surface area contributed by atoms with Gasteiger partial charge >= 0.3 is 0 Å². The molecule has 0 saturated heterocycles. The van der Waals surface area contributed by atoms with Crippen molar-refractivity contribution in [1.29, 1.82) is 0 Å². The summed E-state index contributed by atoms with van der Waals surface area (Å²) in [7, 11) is 0. The Morgan fingerprint density at radius 2 is 1.56 bits per heavy atom. The van der Waals surface area contributed by atoms with E-state index in [9.17, 15) is 4.79 Å². The first-order valence-corrected chi connectivity index (χ1v) is 12.4. The van der Waals surface area contributed by atoms with E-state index in [1.54, 1.807) is 0 Å². The van der Waals surface area contributed by atoms with Gasteiger partial charge in [0.2, 0.25) is 0 Å². The van der Waals surface area contributed by atoms with Crippen LogP contribution in [0.1, 0.15) is 49.7 Å². The summed E-state index contributed by atoms with van der Waals surface area (Å²) >= 11 is 0. The van der Waals surface area contributed by atoms with Gasteiger partial charge in [-0.05, 0) is 69.5 Å². The van der Waals surface area contributed by atoms with Crippen LogP contribution in [0, 0.1) is 34.6 Å². The van der Waals surface area contributed by atoms with Crippen LogP contribution < -0.4 is 5.32 Å². The van der Waals surface area contributed by atoms with Gasteiger partial charge in [-0.25, -0.2) is 0 Å². The van der Waals surface area contributed by atoms with Gasteiger partial charge in [-0.2, -0.15) is 5.10 Å². The third kappa shape index (κ3) is 4.44. The van der Waals surface area contributed by atoms with Crippen molar-refractivity contribution in [2.45, 2.75) is 47.7 Å². The SMILES string of the molecule is Cc1cccc(Cn2nc(C)c(NC(=O)c3ccc4c(c3)c(C)c(C)n4Cc3ccccc3)c2C)c1. The predicted octanol–water partition coefficient (Wildman–Crippen LogP) is 6.73. The summed E-state index contributed by atoms with van der Waals surface area (Å²) in [5.41, 5.74) is 10.4. The number of carbonyl (C=O) groups excluding carboxylic acids is 1. The molecule has 0 radical (unpaired) electrons. The van der Waals surface area contributed by atoms with Crippen molar-refractivity contribution < 1.29 is 4.79 Å². The molecule has 5 nitrogen and oxygen atoms in total. The van der Waals surface area contributed by atoms with Crippen molar-refractivity contribution in [1.82, 2.24) is 14.3 Å². The third-order valence-corrected chi connectivity index (χ3v) is 7.12. The molecular formula is C31H32N4O. The van der Waals surface area contributed by atoms with E-state index in [-0.39, 0.29) is 5.91 Å². The first kappa shape index (κ1) is 23.6. The average Bonchev–Trinajstić information content (AvgIpc) is 3.26. The molecule has 2 aromatic heterocycles. The topological polar surface area (TPSA) is 51.9 Å². The number of rotatable bonds is 6. The van der Waals surface area contributed by atoms with E-state index in [4.69, 9.17) is 5.10 Å². The molecule has 1 N–H and O–H groups in total. The molecule has 5 aromatic rings. The number of carbonyl (C=O) groups is 1. The molecule has 0 aliphatic rings. The van der Waals surface area contributed by atoms with Crippen LogP contribution in [0.4, 0.5) is 5.69 Å². The number of aryl methyl sites for hydroxylation is 3. The highest BCUT2D eigenvalue weighted by Crippen LogP contribution is 2.28. The Hall–Kier alpha value is -4.12. The van der Waals surface area contributed by atoms with E-state index >= 15 is 0 Å². The minimum absolute atomic E-state index is 0.119. The third-order valence-electron chi connectivity index (χ3n) is 7.12. The Kier molecular flexibility index (Phi) is 6.23. The molecule has 0 aliphatic carbocycles. The van der Waals surface area contributed by atoms with Crippen molar-refractivity contribution >= 4 is 22.5 Å². The Balaban J connectivity index is 1.41. The van der Waals surface area contributed by atoms with Gasteiger partial charge in [0.25, 0.3) is 5.91 Å². The summed E-state index contributed by atoms with van der Waals surface area (Å²) in [6.45, 7) is 11.8. The standard InChI is InChI=1S/C31H32N4O/c1-20-10-9-13-26(16-20)19-35-24(5)30(22(3)33-35)32-31(36)27-14-15-29-28(17-27)21(2)23(4)34(29)18-25-11-7-6-8-12-25/h6-17H,18-19H2,1-5H3,(H,32,36). The van der Waals surface area contributed by atoms with Crippen molar-refractivity contribution in [3.63, 3.8) is 0 Å². The van der Waals surface area contributed by atoms with Crippen LogP contribution in [-0.2, 0) is 13.1 Å². The van der Waals surface area contributed by atoms with Gasteiger partial charge in [0.15, 0.2) is 0 Å². The minimum Gasteiger partial charge on any atom is -0.340 e. The van der Waals surface area contributed by atoms with Crippen LogP contribution in [0.15, 0.2) is 72.8 Å². The Morgan fingerprint density at radius 1 is 0.806 bits per heavy atom. The van der Waals surface area contributed by atoms with Crippen molar-refractivity contribution in [3.05, 3.63) is 118 Å². The van der Waals surface area contributed by atoms with Crippen molar-refractivity contribution in [3.8, 4) is 0 Å². The molecule has 0 spiro atoms. The number of aromatic nitrogens is 3. The zero-order chi connectivity index (χ0) is 25.4. The first-order valence-electron chi connectivity index (χ1n) is 12.4. The molecule has 0 bridgehead atoms. The van der Waals surface area contributed by atoms with Crippen molar-refractivity contribution in [2.24, 2.45) is 0 Å². The van der Waals surface area contributed by atoms with Gasteiger partial charge in [0.1, 0.15) is 0 Å². The summed E-state index contributed by atoms with van der Waals surface area (Å²) in [4.78, 5) is 13.3. The second-order valence-electron chi connectivity index (χ2n) is 9.66. The highest BCUT2D eigenvalue weighted by Gasteiger charge is 2.18. The Bertz CT molecular complexity index is 1570. The minimum atomic E-state index is -0.119. The molecule has 0 saturated carbocycles. The van der Waals surface area contributed by atoms with Gasteiger partial charge in [0.05, 0.1) is 23.6 Å². The number of fused-ring (bicyclic) bond motifs is 1. The lowest BCUT2D eigenvalue weighted by Crippen LogP contribution is -2.13. The van der Waals surface area contributed by atoms with Crippen LogP contribution in [0.2, 0.25) is 0 Å². The fraction of sp³-hybridized carbons (Fsp3) is 0.226. The van der Waals surface area contributed by atoms with Gasteiger partial charge in [-0.3, -0.25) is 9.48 Å². The van der Waals surface area contributed by atoms with E-state index in [0.29, 0.717) is 12.1 Å². The highest BCUT2D eigenvalue weighted by molar-refractivity contribution is 6.07. The van der Waals surface area contributed by atoms with E-state index < -0.39 is 0 Å².